The highest BCUT2D eigenvalue weighted by Crippen LogP contribution is 2.14. The van der Waals surface area contributed by atoms with Gasteiger partial charge in [-0.05, 0) is 29.8 Å². The first-order chi connectivity index (χ1) is 12.2. The highest BCUT2D eigenvalue weighted by molar-refractivity contribution is 6.08. The van der Waals surface area contributed by atoms with Gasteiger partial charge in [0.2, 0.25) is 0 Å². The van der Waals surface area contributed by atoms with E-state index in [9.17, 15) is 4.39 Å². The smallest absolute Gasteiger partial charge is 0.128 e. The molecule has 2 aromatic carbocycles. The molecule has 0 unspecified atom stereocenters. The maximum Gasteiger partial charge on any atom is 0.128 e. The molecule has 0 fully saturated rings. The number of pyridine rings is 1. The Balaban J connectivity index is 1.87. The van der Waals surface area contributed by atoms with E-state index in [4.69, 9.17) is 5.41 Å². The number of halogens is 1. The number of allylic oxidation sites excluding steroid dienone is 1. The van der Waals surface area contributed by atoms with Gasteiger partial charge in [0.15, 0.2) is 0 Å². The number of nitrogens with zero attached hydrogens (tertiary/aromatic N) is 1. The van der Waals surface area contributed by atoms with Gasteiger partial charge in [-0.25, -0.2) is 4.39 Å². The first-order valence-corrected chi connectivity index (χ1v) is 7.98. The Morgan fingerprint density at radius 3 is 2.40 bits per heavy atom. The number of nitrogens with one attached hydrogen (secondary N) is 2. The van der Waals surface area contributed by atoms with Crippen LogP contribution in [0.1, 0.15) is 16.8 Å². The van der Waals surface area contributed by atoms with Gasteiger partial charge in [0.05, 0.1) is 11.4 Å². The van der Waals surface area contributed by atoms with E-state index < -0.39 is 0 Å². The number of hydrogen-bond donors (Lipinski definition) is 2. The van der Waals surface area contributed by atoms with Gasteiger partial charge in [-0.3, -0.25) is 10.4 Å². The Morgan fingerprint density at radius 1 is 0.960 bits per heavy atom. The molecule has 25 heavy (non-hydrogen) atoms. The fourth-order valence-electron chi connectivity index (χ4n) is 2.43. The van der Waals surface area contributed by atoms with Crippen molar-refractivity contribution in [3.05, 3.63) is 108 Å². The van der Waals surface area contributed by atoms with Gasteiger partial charge < -0.3 is 5.32 Å². The molecule has 0 atom stereocenters. The van der Waals surface area contributed by atoms with Gasteiger partial charge in [0.1, 0.15) is 5.82 Å². The van der Waals surface area contributed by atoms with Crippen LogP contribution in [0.5, 0.6) is 0 Å². The van der Waals surface area contributed by atoms with E-state index in [-0.39, 0.29) is 5.82 Å². The van der Waals surface area contributed by atoms with Crippen molar-refractivity contribution in [3.63, 3.8) is 0 Å². The summed E-state index contributed by atoms with van der Waals surface area (Å²) in [6, 6.07) is 21.8. The minimum absolute atomic E-state index is 0.248. The Hall–Kier alpha value is -3.27. The zero-order valence-corrected chi connectivity index (χ0v) is 13.6. The lowest BCUT2D eigenvalue weighted by molar-refractivity contribution is 0.605. The Morgan fingerprint density at radius 2 is 1.68 bits per heavy atom. The third-order valence-corrected chi connectivity index (χ3v) is 3.74. The molecule has 0 aliphatic rings. The van der Waals surface area contributed by atoms with E-state index in [2.05, 4.69) is 10.3 Å². The van der Waals surface area contributed by atoms with Gasteiger partial charge in [-0.2, -0.15) is 0 Å². The number of aromatic nitrogens is 1. The summed E-state index contributed by atoms with van der Waals surface area (Å²) in [6.07, 6.45) is 3.38. The van der Waals surface area contributed by atoms with Crippen LogP contribution in [0.25, 0.3) is 5.70 Å². The molecule has 0 aliphatic carbocycles. The lowest BCUT2D eigenvalue weighted by Crippen LogP contribution is -2.14. The van der Waals surface area contributed by atoms with Crippen molar-refractivity contribution >= 4 is 11.4 Å². The largest absolute Gasteiger partial charge is 0.380 e. The molecule has 4 heteroatoms. The summed E-state index contributed by atoms with van der Waals surface area (Å²) in [5.41, 5.74) is 3.14. The molecule has 0 saturated carbocycles. The Labute approximate surface area is 146 Å². The molecule has 1 aromatic heterocycles. The molecule has 3 nitrogen and oxygen atoms in total. The predicted molar refractivity (Wildman–Crippen MR) is 98.7 cm³/mol. The molecule has 0 bridgehead atoms. The summed E-state index contributed by atoms with van der Waals surface area (Å²) >= 11 is 0. The highest BCUT2D eigenvalue weighted by atomic mass is 19.1. The average Bonchev–Trinajstić information content (AvgIpc) is 2.67. The molecule has 0 amide bonds. The second kappa shape index (κ2) is 8.02. The topological polar surface area (TPSA) is 48.8 Å². The molecule has 3 rings (SSSR count). The van der Waals surface area contributed by atoms with Crippen LogP contribution in [0.3, 0.4) is 0 Å². The maximum absolute atomic E-state index is 13.9. The summed E-state index contributed by atoms with van der Waals surface area (Å²) in [6.45, 7) is 0.336. The average molecular weight is 331 g/mol. The molecule has 0 saturated heterocycles. The van der Waals surface area contributed by atoms with Crippen LogP contribution in [0.2, 0.25) is 0 Å². The molecular weight excluding hydrogens is 313 g/mol. The number of benzene rings is 2. The molecule has 0 spiro atoms. The summed E-state index contributed by atoms with van der Waals surface area (Å²) in [7, 11) is 0. The standard InChI is InChI=1S/C21H18FN3/c22-18-11-5-4-10-17(18)15-25-21(16-8-2-1-3-9-16)14-19(23)20-12-6-7-13-24-20/h1-14,23,25H,15H2/b21-14-,23-19?. The van der Waals surface area contributed by atoms with Crippen LogP contribution in [0, 0.1) is 11.2 Å². The van der Waals surface area contributed by atoms with Gasteiger partial charge in [0, 0.05) is 24.0 Å². The van der Waals surface area contributed by atoms with E-state index in [0.29, 0.717) is 23.5 Å². The SMILES string of the molecule is N=C(/C=C(\NCc1ccccc1F)c1ccccc1)c1ccccn1. The monoisotopic (exact) mass is 331 g/mol. The second-order valence-corrected chi connectivity index (χ2v) is 5.50. The minimum atomic E-state index is -0.248. The number of rotatable bonds is 6. The van der Waals surface area contributed by atoms with E-state index in [1.54, 1.807) is 30.5 Å². The van der Waals surface area contributed by atoms with Crippen LogP contribution in [0.15, 0.2) is 85.1 Å². The predicted octanol–water partition coefficient (Wildman–Crippen LogP) is 4.42. The zero-order valence-electron chi connectivity index (χ0n) is 13.6. The maximum atomic E-state index is 13.9. The summed E-state index contributed by atoms with van der Waals surface area (Å²) in [4.78, 5) is 4.20. The molecule has 3 aromatic rings. The molecular formula is C21H18FN3. The van der Waals surface area contributed by atoms with Crippen molar-refractivity contribution in [2.75, 3.05) is 0 Å². The second-order valence-electron chi connectivity index (χ2n) is 5.50. The van der Waals surface area contributed by atoms with Crippen LogP contribution in [0.4, 0.5) is 4.39 Å². The van der Waals surface area contributed by atoms with Crippen molar-refractivity contribution in [2.45, 2.75) is 6.54 Å². The van der Waals surface area contributed by atoms with Crippen molar-refractivity contribution in [3.8, 4) is 0 Å². The summed E-state index contributed by atoms with van der Waals surface area (Å²) in [5.74, 6) is -0.248. The van der Waals surface area contributed by atoms with Crippen molar-refractivity contribution in [1.29, 1.82) is 5.41 Å². The van der Waals surface area contributed by atoms with E-state index >= 15 is 0 Å². The highest BCUT2D eigenvalue weighted by Gasteiger charge is 2.07. The Bertz CT molecular complexity index is 874. The van der Waals surface area contributed by atoms with Crippen LogP contribution < -0.4 is 5.32 Å². The first kappa shape index (κ1) is 16.6. The fraction of sp³-hybridized carbons (Fsp3) is 0.0476. The van der Waals surface area contributed by atoms with Gasteiger partial charge in [-0.15, -0.1) is 0 Å². The van der Waals surface area contributed by atoms with E-state index in [1.807, 2.05) is 48.5 Å². The van der Waals surface area contributed by atoms with E-state index in [0.717, 1.165) is 11.3 Å². The quantitative estimate of drug-likeness (QED) is 0.657. The van der Waals surface area contributed by atoms with Crippen LogP contribution in [-0.2, 0) is 6.54 Å². The van der Waals surface area contributed by atoms with Crippen LogP contribution >= 0.6 is 0 Å². The van der Waals surface area contributed by atoms with Crippen molar-refractivity contribution < 1.29 is 4.39 Å². The molecule has 0 radical (unpaired) electrons. The molecule has 1 heterocycles. The minimum Gasteiger partial charge on any atom is -0.380 e. The fourth-order valence-corrected chi connectivity index (χ4v) is 2.43. The Kier molecular flexibility index (Phi) is 5.32. The van der Waals surface area contributed by atoms with Crippen molar-refractivity contribution in [2.24, 2.45) is 0 Å². The van der Waals surface area contributed by atoms with Crippen LogP contribution in [-0.4, -0.2) is 10.7 Å². The summed E-state index contributed by atoms with van der Waals surface area (Å²) in [5, 5.41) is 11.5. The zero-order chi connectivity index (χ0) is 17.5. The summed E-state index contributed by atoms with van der Waals surface area (Å²) < 4.78 is 13.9. The van der Waals surface area contributed by atoms with Crippen molar-refractivity contribution in [1.82, 2.24) is 10.3 Å². The van der Waals surface area contributed by atoms with Gasteiger partial charge in [0.25, 0.3) is 0 Å². The van der Waals surface area contributed by atoms with Gasteiger partial charge in [-0.1, -0.05) is 54.6 Å². The third kappa shape index (κ3) is 4.38. The van der Waals surface area contributed by atoms with Gasteiger partial charge >= 0.3 is 0 Å². The normalized spacial score (nSPS) is 11.2. The first-order valence-electron chi connectivity index (χ1n) is 7.98. The lowest BCUT2D eigenvalue weighted by Gasteiger charge is -2.13. The number of hydrogen-bond acceptors (Lipinski definition) is 3. The lowest BCUT2D eigenvalue weighted by atomic mass is 10.1. The third-order valence-electron chi connectivity index (χ3n) is 3.74. The molecule has 2 N–H and O–H groups in total. The van der Waals surface area contributed by atoms with E-state index in [1.165, 1.54) is 6.07 Å². The molecule has 124 valence electrons. The molecule has 0 aliphatic heterocycles.